The van der Waals surface area contributed by atoms with Crippen molar-refractivity contribution in [2.75, 3.05) is 6.61 Å². The van der Waals surface area contributed by atoms with Crippen LogP contribution in [0, 0.1) is 5.92 Å². The second-order valence-corrected chi connectivity index (χ2v) is 5.84. The molecule has 4 nitrogen and oxygen atoms in total. The van der Waals surface area contributed by atoms with E-state index in [1.54, 1.807) is 0 Å². The Morgan fingerprint density at radius 2 is 1.90 bits per heavy atom. The summed E-state index contributed by atoms with van der Waals surface area (Å²) in [5, 5.41) is 3.11. The number of carbonyl (C=O) groups excluding carboxylic acids is 1. The molecule has 1 unspecified atom stereocenters. The Balaban J connectivity index is 1.88. The maximum Gasteiger partial charge on any atom is 0.223 e. The van der Waals surface area contributed by atoms with E-state index in [-0.39, 0.29) is 23.9 Å². The molecule has 1 fully saturated rings. The predicted molar refractivity (Wildman–Crippen MR) is 84.1 cm³/mol. The second kappa shape index (κ2) is 7.46. The van der Waals surface area contributed by atoms with Crippen molar-refractivity contribution in [1.29, 1.82) is 0 Å². The summed E-state index contributed by atoms with van der Waals surface area (Å²) < 4.78 is 5.43. The number of nitrogens with two attached hydrogens (primary N) is 1. The third-order valence-electron chi connectivity index (χ3n) is 4.19. The molecule has 0 aromatic heterocycles. The van der Waals surface area contributed by atoms with Crippen LogP contribution in [-0.2, 0) is 4.79 Å². The highest BCUT2D eigenvalue weighted by Gasteiger charge is 2.25. The Hall–Kier alpha value is -1.55. The van der Waals surface area contributed by atoms with E-state index in [1.807, 2.05) is 38.1 Å². The lowest BCUT2D eigenvalue weighted by Crippen LogP contribution is -2.37. The smallest absolute Gasteiger partial charge is 0.223 e. The van der Waals surface area contributed by atoms with E-state index in [1.165, 1.54) is 0 Å². The summed E-state index contributed by atoms with van der Waals surface area (Å²) in [4.78, 5) is 12.3. The van der Waals surface area contributed by atoms with Gasteiger partial charge in [-0.2, -0.15) is 0 Å². The number of hydrogen-bond donors (Lipinski definition) is 2. The first-order valence-electron chi connectivity index (χ1n) is 7.89. The SMILES string of the molecule is CCOc1ccc(C(C)NC(=O)C2CCC(N)CC2)cc1. The van der Waals surface area contributed by atoms with Gasteiger partial charge in [-0.3, -0.25) is 4.79 Å². The van der Waals surface area contributed by atoms with E-state index in [9.17, 15) is 4.79 Å². The topological polar surface area (TPSA) is 64.3 Å². The fraction of sp³-hybridized carbons (Fsp3) is 0.588. The highest BCUT2D eigenvalue weighted by Crippen LogP contribution is 2.24. The summed E-state index contributed by atoms with van der Waals surface area (Å²) in [6, 6.07) is 8.20. The minimum atomic E-state index is 0.0174. The average Bonchev–Trinajstić information content (AvgIpc) is 2.49. The molecule has 116 valence electrons. The van der Waals surface area contributed by atoms with Gasteiger partial charge in [0.1, 0.15) is 5.75 Å². The van der Waals surface area contributed by atoms with E-state index in [0.29, 0.717) is 6.61 Å². The molecule has 0 saturated heterocycles. The van der Waals surface area contributed by atoms with Gasteiger partial charge in [-0.1, -0.05) is 12.1 Å². The molecular weight excluding hydrogens is 264 g/mol. The van der Waals surface area contributed by atoms with E-state index in [0.717, 1.165) is 37.0 Å². The van der Waals surface area contributed by atoms with Gasteiger partial charge in [-0.15, -0.1) is 0 Å². The molecule has 1 saturated carbocycles. The lowest BCUT2D eigenvalue weighted by Gasteiger charge is -2.26. The van der Waals surface area contributed by atoms with Gasteiger partial charge in [0.25, 0.3) is 0 Å². The second-order valence-electron chi connectivity index (χ2n) is 5.84. The number of rotatable bonds is 5. The molecule has 0 aliphatic heterocycles. The van der Waals surface area contributed by atoms with Crippen LogP contribution in [0.1, 0.15) is 51.1 Å². The van der Waals surface area contributed by atoms with Gasteiger partial charge in [0.15, 0.2) is 0 Å². The molecule has 1 aromatic carbocycles. The highest BCUT2D eigenvalue weighted by molar-refractivity contribution is 5.79. The number of benzene rings is 1. The first-order chi connectivity index (χ1) is 10.1. The monoisotopic (exact) mass is 290 g/mol. The highest BCUT2D eigenvalue weighted by atomic mass is 16.5. The molecule has 2 rings (SSSR count). The first kappa shape index (κ1) is 15.8. The zero-order valence-electron chi connectivity index (χ0n) is 13.0. The van der Waals surface area contributed by atoms with Crippen LogP contribution in [0.3, 0.4) is 0 Å². The quantitative estimate of drug-likeness (QED) is 0.876. The number of amides is 1. The summed E-state index contributed by atoms with van der Waals surface area (Å²) in [5.41, 5.74) is 6.98. The Kier molecular flexibility index (Phi) is 5.62. The van der Waals surface area contributed by atoms with Gasteiger partial charge in [0.2, 0.25) is 5.91 Å². The average molecular weight is 290 g/mol. The van der Waals surface area contributed by atoms with Crippen LogP contribution in [0.2, 0.25) is 0 Å². The number of nitrogens with one attached hydrogen (secondary N) is 1. The molecule has 1 atom stereocenters. The molecular formula is C17H26N2O2. The van der Waals surface area contributed by atoms with Gasteiger partial charge in [-0.05, 0) is 57.2 Å². The predicted octanol–water partition coefficient (Wildman–Crippen LogP) is 2.78. The van der Waals surface area contributed by atoms with Crippen LogP contribution >= 0.6 is 0 Å². The lowest BCUT2D eigenvalue weighted by molar-refractivity contribution is -0.126. The standard InChI is InChI=1S/C17H26N2O2/c1-3-21-16-10-6-13(7-11-16)12(2)19-17(20)14-4-8-15(18)9-5-14/h6-7,10-12,14-15H,3-5,8-9,18H2,1-2H3,(H,19,20). The molecule has 0 radical (unpaired) electrons. The zero-order valence-corrected chi connectivity index (χ0v) is 13.0. The van der Waals surface area contributed by atoms with E-state index < -0.39 is 0 Å². The van der Waals surface area contributed by atoms with Gasteiger partial charge in [-0.25, -0.2) is 0 Å². The van der Waals surface area contributed by atoms with Crippen LogP contribution in [0.4, 0.5) is 0 Å². The molecule has 0 heterocycles. The third-order valence-corrected chi connectivity index (χ3v) is 4.19. The van der Waals surface area contributed by atoms with Gasteiger partial charge in [0, 0.05) is 12.0 Å². The molecule has 4 heteroatoms. The fourth-order valence-corrected chi connectivity index (χ4v) is 2.82. The van der Waals surface area contributed by atoms with Crippen LogP contribution in [0.15, 0.2) is 24.3 Å². The number of hydrogen-bond acceptors (Lipinski definition) is 3. The Labute approximate surface area is 127 Å². The van der Waals surface area contributed by atoms with Crippen molar-refractivity contribution in [2.45, 2.75) is 51.6 Å². The van der Waals surface area contributed by atoms with Crippen LogP contribution in [0.5, 0.6) is 5.75 Å². The van der Waals surface area contributed by atoms with Crippen LogP contribution in [0.25, 0.3) is 0 Å². The van der Waals surface area contributed by atoms with Crippen LogP contribution in [-0.4, -0.2) is 18.6 Å². The normalized spacial score (nSPS) is 23.4. The maximum absolute atomic E-state index is 12.3. The van der Waals surface area contributed by atoms with Crippen molar-refractivity contribution in [3.8, 4) is 5.75 Å². The summed E-state index contributed by atoms with van der Waals surface area (Å²) in [5.74, 6) is 1.14. The number of ether oxygens (including phenoxy) is 1. The molecule has 3 N–H and O–H groups in total. The molecule has 1 aliphatic carbocycles. The van der Waals surface area contributed by atoms with Gasteiger partial charge in [0.05, 0.1) is 12.6 Å². The van der Waals surface area contributed by atoms with E-state index in [4.69, 9.17) is 10.5 Å². The van der Waals surface area contributed by atoms with Crippen molar-refractivity contribution in [3.05, 3.63) is 29.8 Å². The molecule has 0 bridgehead atoms. The minimum Gasteiger partial charge on any atom is -0.494 e. The molecule has 1 amide bonds. The molecule has 1 aromatic rings. The Morgan fingerprint density at radius 1 is 1.29 bits per heavy atom. The largest absolute Gasteiger partial charge is 0.494 e. The van der Waals surface area contributed by atoms with Crippen molar-refractivity contribution < 1.29 is 9.53 Å². The zero-order chi connectivity index (χ0) is 15.2. The van der Waals surface area contributed by atoms with Crippen molar-refractivity contribution in [3.63, 3.8) is 0 Å². The van der Waals surface area contributed by atoms with Crippen molar-refractivity contribution in [2.24, 2.45) is 11.7 Å². The molecule has 21 heavy (non-hydrogen) atoms. The summed E-state index contributed by atoms with van der Waals surface area (Å²) in [6.45, 7) is 4.64. The molecule has 0 spiro atoms. The summed E-state index contributed by atoms with van der Waals surface area (Å²) >= 11 is 0. The first-order valence-corrected chi connectivity index (χ1v) is 7.89. The van der Waals surface area contributed by atoms with Gasteiger partial charge >= 0.3 is 0 Å². The van der Waals surface area contributed by atoms with Gasteiger partial charge < -0.3 is 15.8 Å². The summed E-state index contributed by atoms with van der Waals surface area (Å²) in [6.07, 6.45) is 3.72. The lowest BCUT2D eigenvalue weighted by atomic mass is 9.85. The fourth-order valence-electron chi connectivity index (χ4n) is 2.82. The van der Waals surface area contributed by atoms with E-state index in [2.05, 4.69) is 5.32 Å². The van der Waals surface area contributed by atoms with Crippen molar-refractivity contribution >= 4 is 5.91 Å². The minimum absolute atomic E-state index is 0.0174. The molecule has 1 aliphatic rings. The third kappa shape index (κ3) is 4.46. The maximum atomic E-state index is 12.3. The van der Waals surface area contributed by atoms with Crippen molar-refractivity contribution in [1.82, 2.24) is 5.32 Å². The van der Waals surface area contributed by atoms with Crippen LogP contribution < -0.4 is 15.8 Å². The summed E-state index contributed by atoms with van der Waals surface area (Å²) in [7, 11) is 0. The number of carbonyl (C=O) groups is 1. The Bertz CT molecular complexity index is 450. The van der Waals surface area contributed by atoms with E-state index >= 15 is 0 Å². The Morgan fingerprint density at radius 3 is 2.48 bits per heavy atom.